The summed E-state index contributed by atoms with van der Waals surface area (Å²) in [4.78, 5) is 12.0. The Bertz CT molecular complexity index is 1130. The fourth-order valence-electron chi connectivity index (χ4n) is 3.18. The number of benzene rings is 2. The molecule has 148 valence electrons. The van der Waals surface area contributed by atoms with Gasteiger partial charge in [-0.05, 0) is 30.2 Å². The molecule has 0 fully saturated rings. The molecule has 4 aromatic rings. The second-order valence-electron chi connectivity index (χ2n) is 6.63. The maximum absolute atomic E-state index is 5.52. The van der Waals surface area contributed by atoms with Crippen molar-refractivity contribution < 1.29 is 9.47 Å². The van der Waals surface area contributed by atoms with Crippen LogP contribution < -0.4 is 14.8 Å². The summed E-state index contributed by atoms with van der Waals surface area (Å²) in [6.45, 7) is 2.15. The van der Waals surface area contributed by atoms with Crippen molar-refractivity contribution in [1.82, 2.24) is 9.97 Å². The number of aryl methyl sites for hydroxylation is 1. The first kappa shape index (κ1) is 19.2. The summed E-state index contributed by atoms with van der Waals surface area (Å²) in [5, 5.41) is 4.48. The summed E-state index contributed by atoms with van der Waals surface area (Å²) in [5.74, 6) is 3.05. The number of anilines is 2. The topological polar surface area (TPSA) is 56.3 Å². The summed E-state index contributed by atoms with van der Waals surface area (Å²) in [5.41, 5.74) is 1.99. The maximum atomic E-state index is 5.52. The number of rotatable bonds is 7. The van der Waals surface area contributed by atoms with E-state index in [0.717, 1.165) is 45.5 Å². The van der Waals surface area contributed by atoms with Gasteiger partial charge in [-0.15, -0.1) is 11.3 Å². The van der Waals surface area contributed by atoms with Gasteiger partial charge >= 0.3 is 0 Å². The van der Waals surface area contributed by atoms with Gasteiger partial charge in [0.25, 0.3) is 0 Å². The number of methoxy groups -OCH3 is 2. The summed E-state index contributed by atoms with van der Waals surface area (Å²) < 4.78 is 10.9. The number of hydrogen-bond acceptors (Lipinski definition) is 6. The first-order chi connectivity index (χ1) is 14.2. The molecule has 29 heavy (non-hydrogen) atoms. The van der Waals surface area contributed by atoms with Gasteiger partial charge in [0.2, 0.25) is 0 Å². The molecule has 0 spiro atoms. The van der Waals surface area contributed by atoms with E-state index in [-0.39, 0.29) is 0 Å². The normalized spacial score (nSPS) is 10.9. The molecule has 5 nitrogen and oxygen atoms in total. The molecule has 0 aliphatic heterocycles. The highest BCUT2D eigenvalue weighted by molar-refractivity contribution is 7.18. The van der Waals surface area contributed by atoms with E-state index < -0.39 is 0 Å². The Hall–Kier alpha value is -3.12. The van der Waals surface area contributed by atoms with Crippen LogP contribution >= 0.6 is 11.3 Å². The third kappa shape index (κ3) is 4.17. The van der Waals surface area contributed by atoms with Crippen molar-refractivity contribution in [2.75, 3.05) is 19.5 Å². The largest absolute Gasteiger partial charge is 0.497 e. The highest BCUT2D eigenvalue weighted by Crippen LogP contribution is 2.35. The number of nitrogens with zero attached hydrogens (tertiary/aromatic N) is 2. The van der Waals surface area contributed by atoms with Crippen LogP contribution in [0.25, 0.3) is 10.2 Å². The van der Waals surface area contributed by atoms with Gasteiger partial charge in [-0.25, -0.2) is 9.97 Å². The van der Waals surface area contributed by atoms with Gasteiger partial charge in [0, 0.05) is 17.4 Å². The van der Waals surface area contributed by atoms with E-state index in [1.807, 2.05) is 36.4 Å². The summed E-state index contributed by atoms with van der Waals surface area (Å²) >= 11 is 1.72. The molecule has 0 saturated carbocycles. The number of ether oxygens (including phenoxy) is 2. The molecule has 0 amide bonds. The van der Waals surface area contributed by atoms with Crippen molar-refractivity contribution in [3.05, 3.63) is 70.9 Å². The van der Waals surface area contributed by atoms with Crippen LogP contribution in [0.4, 0.5) is 11.5 Å². The highest BCUT2D eigenvalue weighted by atomic mass is 32.1. The van der Waals surface area contributed by atoms with Crippen LogP contribution in [-0.4, -0.2) is 24.2 Å². The average Bonchev–Trinajstić information content (AvgIpc) is 3.18. The molecular formula is C23H23N3O2S. The van der Waals surface area contributed by atoms with Crippen LogP contribution in [0, 0.1) is 0 Å². The van der Waals surface area contributed by atoms with Gasteiger partial charge in [-0.2, -0.15) is 0 Å². The monoisotopic (exact) mass is 405 g/mol. The average molecular weight is 406 g/mol. The molecule has 4 rings (SSSR count). The molecule has 0 saturated heterocycles. The van der Waals surface area contributed by atoms with E-state index >= 15 is 0 Å². The standard InChI is InChI=1S/C23H23N3O2S/c1-4-17-14-18-22(24-19-13-16(27-2)10-11-20(19)28-3)25-21(26-23(18)29-17)12-15-8-6-5-7-9-15/h5-11,13-14H,4,12H2,1-3H3,(H,24,25,26). The number of hydrogen-bond donors (Lipinski definition) is 1. The lowest BCUT2D eigenvalue weighted by Gasteiger charge is -2.13. The minimum atomic E-state index is 0.681. The highest BCUT2D eigenvalue weighted by Gasteiger charge is 2.14. The first-order valence-electron chi connectivity index (χ1n) is 9.52. The zero-order chi connectivity index (χ0) is 20.2. The Kier molecular flexibility index (Phi) is 5.62. The summed E-state index contributed by atoms with van der Waals surface area (Å²) in [6.07, 6.45) is 1.65. The van der Waals surface area contributed by atoms with E-state index in [0.29, 0.717) is 6.42 Å². The van der Waals surface area contributed by atoms with Crippen LogP contribution in [0.1, 0.15) is 23.2 Å². The van der Waals surface area contributed by atoms with Crippen molar-refractivity contribution in [1.29, 1.82) is 0 Å². The lowest BCUT2D eigenvalue weighted by molar-refractivity contribution is 0.405. The summed E-state index contributed by atoms with van der Waals surface area (Å²) in [7, 11) is 3.31. The van der Waals surface area contributed by atoms with Gasteiger partial charge in [0.15, 0.2) is 0 Å². The maximum Gasteiger partial charge on any atom is 0.143 e. The van der Waals surface area contributed by atoms with Crippen LogP contribution in [0.3, 0.4) is 0 Å². The zero-order valence-electron chi connectivity index (χ0n) is 16.7. The van der Waals surface area contributed by atoms with Crippen LogP contribution in [0.5, 0.6) is 11.5 Å². The van der Waals surface area contributed by atoms with Gasteiger partial charge < -0.3 is 14.8 Å². The molecule has 2 aromatic heterocycles. The molecule has 0 aliphatic rings. The van der Waals surface area contributed by atoms with Crippen LogP contribution in [-0.2, 0) is 12.8 Å². The Labute approximate surface area is 174 Å². The molecule has 0 aliphatic carbocycles. The molecule has 2 heterocycles. The van der Waals surface area contributed by atoms with E-state index in [9.17, 15) is 0 Å². The molecule has 0 radical (unpaired) electrons. The molecule has 1 N–H and O–H groups in total. The Morgan fingerprint density at radius 3 is 2.52 bits per heavy atom. The van der Waals surface area contributed by atoms with Crippen molar-refractivity contribution in [3.8, 4) is 11.5 Å². The number of fused-ring (bicyclic) bond motifs is 1. The fraction of sp³-hybridized carbons (Fsp3) is 0.217. The molecule has 0 bridgehead atoms. The van der Waals surface area contributed by atoms with Gasteiger partial charge in [-0.1, -0.05) is 37.3 Å². The smallest absolute Gasteiger partial charge is 0.143 e. The SMILES string of the molecule is CCc1cc2c(Nc3cc(OC)ccc3OC)nc(Cc3ccccc3)nc2s1. The fourth-order valence-corrected chi connectivity index (χ4v) is 4.17. The third-order valence-corrected chi connectivity index (χ3v) is 5.88. The Balaban J connectivity index is 1.79. The van der Waals surface area contributed by atoms with Crippen molar-refractivity contribution in [3.63, 3.8) is 0 Å². The molecular weight excluding hydrogens is 382 g/mol. The third-order valence-electron chi connectivity index (χ3n) is 4.70. The lowest BCUT2D eigenvalue weighted by atomic mass is 10.1. The predicted molar refractivity (Wildman–Crippen MR) is 119 cm³/mol. The molecule has 0 unspecified atom stereocenters. The Morgan fingerprint density at radius 2 is 1.79 bits per heavy atom. The van der Waals surface area contributed by atoms with Crippen molar-refractivity contribution in [2.24, 2.45) is 0 Å². The number of thiophene rings is 1. The van der Waals surface area contributed by atoms with Crippen molar-refractivity contribution >= 4 is 33.1 Å². The van der Waals surface area contributed by atoms with E-state index in [1.54, 1.807) is 25.6 Å². The van der Waals surface area contributed by atoms with E-state index in [1.165, 1.54) is 10.4 Å². The lowest BCUT2D eigenvalue weighted by Crippen LogP contribution is -2.03. The first-order valence-corrected chi connectivity index (χ1v) is 10.3. The van der Waals surface area contributed by atoms with Gasteiger partial charge in [0.1, 0.15) is 28.0 Å². The molecule has 6 heteroatoms. The predicted octanol–water partition coefficient (Wildman–Crippen LogP) is 5.61. The van der Waals surface area contributed by atoms with Crippen molar-refractivity contribution in [2.45, 2.75) is 19.8 Å². The molecule has 0 atom stereocenters. The second kappa shape index (κ2) is 8.49. The number of nitrogens with one attached hydrogen (secondary N) is 1. The zero-order valence-corrected chi connectivity index (χ0v) is 17.5. The van der Waals surface area contributed by atoms with E-state index in [2.05, 4.69) is 30.4 Å². The minimum absolute atomic E-state index is 0.681. The van der Waals surface area contributed by atoms with E-state index in [4.69, 9.17) is 19.4 Å². The summed E-state index contributed by atoms with van der Waals surface area (Å²) in [6, 6.07) is 18.1. The quantitative estimate of drug-likeness (QED) is 0.433. The van der Waals surface area contributed by atoms with Crippen LogP contribution in [0.2, 0.25) is 0 Å². The second-order valence-corrected chi connectivity index (χ2v) is 7.74. The number of aromatic nitrogens is 2. The molecule has 2 aromatic carbocycles. The van der Waals surface area contributed by atoms with Crippen LogP contribution in [0.15, 0.2) is 54.6 Å². The minimum Gasteiger partial charge on any atom is -0.497 e. The van der Waals surface area contributed by atoms with Gasteiger partial charge in [-0.3, -0.25) is 0 Å². The van der Waals surface area contributed by atoms with Gasteiger partial charge in [0.05, 0.1) is 25.3 Å². The Morgan fingerprint density at radius 1 is 0.966 bits per heavy atom.